The fraction of sp³-hybridized carbons (Fsp3) is 0.118. The fourth-order valence-corrected chi connectivity index (χ4v) is 2.01. The van der Waals surface area contributed by atoms with Crippen molar-refractivity contribution in [1.29, 1.82) is 0 Å². The first-order chi connectivity index (χ1) is 11.3. The molecule has 0 spiro atoms. The van der Waals surface area contributed by atoms with E-state index in [9.17, 15) is 0 Å². The Bertz CT molecular complexity index is 924. The van der Waals surface area contributed by atoms with Gasteiger partial charge in [0.2, 0.25) is 5.58 Å². The second-order valence-electron chi connectivity index (χ2n) is 5.01. The van der Waals surface area contributed by atoms with Gasteiger partial charge in [0.15, 0.2) is 0 Å². The van der Waals surface area contributed by atoms with Gasteiger partial charge < -0.3 is 14.3 Å². The number of nitrogens with zero attached hydrogens (tertiary/aromatic N) is 1. The Hall–Kier alpha value is -2.64. The topological polar surface area (TPSA) is 86.2 Å². The van der Waals surface area contributed by atoms with Crippen molar-refractivity contribution in [2.24, 2.45) is 7.05 Å². The van der Waals surface area contributed by atoms with Crippen molar-refractivity contribution < 1.29 is 22.0 Å². The molecule has 0 atom stereocenters. The average molecular weight is 346 g/mol. The molecule has 0 aliphatic heterocycles. The molecule has 1 heterocycles. The lowest BCUT2D eigenvalue weighted by molar-refractivity contribution is -0.652. The predicted molar refractivity (Wildman–Crippen MR) is 92.1 cm³/mol. The minimum absolute atomic E-state index is 0.604. The molecule has 3 rings (SSSR count). The molecule has 24 heavy (non-hydrogen) atoms. The van der Waals surface area contributed by atoms with Crippen molar-refractivity contribution >= 4 is 33.0 Å². The zero-order chi connectivity index (χ0) is 17.6. The van der Waals surface area contributed by atoms with Crippen molar-refractivity contribution in [3.05, 3.63) is 66.7 Å². The van der Waals surface area contributed by atoms with Crippen LogP contribution in [0.5, 0.6) is 0 Å². The summed E-state index contributed by atoms with van der Waals surface area (Å²) in [5.74, 6) is 0.810. The van der Waals surface area contributed by atoms with Gasteiger partial charge in [0, 0.05) is 24.2 Å². The van der Waals surface area contributed by atoms with Crippen LogP contribution < -0.4 is 9.88 Å². The van der Waals surface area contributed by atoms with E-state index in [1.807, 2.05) is 78.5 Å². The number of hydrogen-bond acceptors (Lipinski definition) is 5. The second kappa shape index (κ2) is 7.76. The van der Waals surface area contributed by atoms with E-state index in [4.69, 9.17) is 17.4 Å². The lowest BCUT2D eigenvalue weighted by Crippen LogP contribution is -2.29. The normalized spacial score (nSPS) is 11.3. The summed E-state index contributed by atoms with van der Waals surface area (Å²) >= 11 is 0. The summed E-state index contributed by atoms with van der Waals surface area (Å²) in [6, 6.07) is 18.0. The summed E-state index contributed by atoms with van der Waals surface area (Å²) in [5.41, 5.74) is 3.03. The van der Waals surface area contributed by atoms with Gasteiger partial charge in [-0.1, -0.05) is 30.3 Å². The summed E-state index contributed by atoms with van der Waals surface area (Å²) in [7, 11) is -1.92. The zero-order valence-electron chi connectivity index (χ0n) is 13.3. The van der Waals surface area contributed by atoms with Crippen LogP contribution in [0.2, 0.25) is 0 Å². The molecule has 2 aromatic carbocycles. The molecule has 0 unspecified atom stereocenters. The Morgan fingerprint density at radius 3 is 2.29 bits per heavy atom. The van der Waals surface area contributed by atoms with E-state index in [1.165, 1.54) is 0 Å². The highest BCUT2D eigenvalue weighted by molar-refractivity contribution is 7.84. The highest BCUT2D eigenvalue weighted by Crippen LogP contribution is 2.13. The first-order valence-electron chi connectivity index (χ1n) is 7.11. The Morgan fingerprint density at radius 2 is 1.67 bits per heavy atom. The van der Waals surface area contributed by atoms with Crippen LogP contribution in [0.3, 0.4) is 0 Å². The maximum absolute atomic E-state index is 9.08. The number of anilines is 1. The quantitative estimate of drug-likeness (QED) is 0.582. The van der Waals surface area contributed by atoms with Gasteiger partial charge >= 0.3 is 5.89 Å². The lowest BCUT2D eigenvalue weighted by Gasteiger charge is -1.97. The standard InChI is InChI=1S/C16H14N2O.CH4O3S/c1-18-14-9-5-6-10-15(14)19-16(18)11-12-17-13-7-3-2-4-8-13;1-5(2,3)4/h2-12H,1H3;1H3,(H,2,3,4). The SMILES string of the molecule is CS(=O)(=O)[O-].C[n+]1c(/C=C/Nc2ccccc2)oc2ccccc21. The van der Waals surface area contributed by atoms with Gasteiger partial charge in [-0.15, -0.1) is 0 Å². The van der Waals surface area contributed by atoms with Crippen LogP contribution in [0.1, 0.15) is 5.89 Å². The van der Waals surface area contributed by atoms with Crippen LogP contribution in [0.4, 0.5) is 5.69 Å². The Balaban J connectivity index is 0.000000368. The molecular formula is C17H18N2O4S. The van der Waals surface area contributed by atoms with Gasteiger partial charge in [-0.25, -0.2) is 8.42 Å². The third kappa shape index (κ3) is 5.53. The van der Waals surface area contributed by atoms with Crippen LogP contribution in [-0.4, -0.2) is 19.2 Å². The zero-order valence-corrected chi connectivity index (χ0v) is 14.2. The Labute approximate surface area is 140 Å². The highest BCUT2D eigenvalue weighted by Gasteiger charge is 2.14. The van der Waals surface area contributed by atoms with Gasteiger partial charge in [0.05, 0.1) is 16.2 Å². The van der Waals surface area contributed by atoms with Crippen molar-refractivity contribution in [1.82, 2.24) is 0 Å². The Morgan fingerprint density at radius 1 is 1.08 bits per heavy atom. The number of aromatic nitrogens is 1. The maximum Gasteiger partial charge on any atom is 0.375 e. The van der Waals surface area contributed by atoms with Gasteiger partial charge in [-0.05, 0) is 18.2 Å². The van der Waals surface area contributed by atoms with Crippen LogP contribution >= 0.6 is 0 Å². The van der Waals surface area contributed by atoms with Crippen LogP contribution in [0.25, 0.3) is 17.2 Å². The van der Waals surface area contributed by atoms with E-state index < -0.39 is 10.1 Å². The number of para-hydroxylation sites is 3. The molecule has 6 nitrogen and oxygen atoms in total. The Kier molecular flexibility index (Phi) is 5.73. The minimum atomic E-state index is -3.92. The summed E-state index contributed by atoms with van der Waals surface area (Å²) in [6.07, 6.45) is 4.41. The van der Waals surface area contributed by atoms with E-state index >= 15 is 0 Å². The first-order valence-corrected chi connectivity index (χ1v) is 8.93. The number of fused-ring (bicyclic) bond motifs is 1. The molecule has 0 fully saturated rings. The number of hydrogen-bond donors (Lipinski definition) is 1. The smallest absolute Gasteiger partial charge is 0.375 e. The van der Waals surface area contributed by atoms with E-state index in [0.717, 1.165) is 22.7 Å². The largest absolute Gasteiger partial charge is 0.748 e. The van der Waals surface area contributed by atoms with E-state index in [1.54, 1.807) is 0 Å². The van der Waals surface area contributed by atoms with Gasteiger partial charge in [0.25, 0.3) is 5.52 Å². The number of rotatable bonds is 3. The van der Waals surface area contributed by atoms with E-state index in [2.05, 4.69) is 5.32 Å². The molecule has 0 aliphatic rings. The average Bonchev–Trinajstić information content (AvgIpc) is 2.84. The molecule has 1 aromatic heterocycles. The number of aryl methyl sites for hydroxylation is 1. The molecule has 0 bridgehead atoms. The molecular weight excluding hydrogens is 328 g/mol. The molecule has 0 radical (unpaired) electrons. The summed E-state index contributed by atoms with van der Waals surface area (Å²) in [5, 5.41) is 3.21. The van der Waals surface area contributed by atoms with Crippen LogP contribution in [0.15, 0.2) is 65.2 Å². The molecule has 0 saturated carbocycles. The van der Waals surface area contributed by atoms with E-state index in [-0.39, 0.29) is 0 Å². The van der Waals surface area contributed by atoms with Crippen molar-refractivity contribution in [2.45, 2.75) is 0 Å². The maximum atomic E-state index is 9.08. The molecule has 7 heteroatoms. The fourth-order valence-electron chi connectivity index (χ4n) is 2.01. The van der Waals surface area contributed by atoms with Crippen molar-refractivity contribution in [3.8, 4) is 0 Å². The van der Waals surface area contributed by atoms with Crippen LogP contribution in [-0.2, 0) is 17.2 Å². The molecule has 0 saturated heterocycles. The molecule has 0 aliphatic carbocycles. The lowest BCUT2D eigenvalue weighted by atomic mass is 10.3. The third-order valence-electron chi connectivity index (χ3n) is 3.02. The summed E-state index contributed by atoms with van der Waals surface area (Å²) < 4.78 is 35.0. The summed E-state index contributed by atoms with van der Waals surface area (Å²) in [4.78, 5) is 0. The molecule has 1 N–H and O–H groups in total. The van der Waals surface area contributed by atoms with Gasteiger partial charge in [-0.3, -0.25) is 0 Å². The summed E-state index contributed by atoms with van der Waals surface area (Å²) in [6.45, 7) is 0. The van der Waals surface area contributed by atoms with E-state index in [0.29, 0.717) is 6.26 Å². The first kappa shape index (κ1) is 17.7. The van der Waals surface area contributed by atoms with Crippen LogP contribution in [0, 0.1) is 0 Å². The third-order valence-corrected chi connectivity index (χ3v) is 3.02. The molecule has 3 aromatic rings. The number of benzene rings is 2. The molecule has 0 amide bonds. The predicted octanol–water partition coefficient (Wildman–Crippen LogP) is 2.50. The molecule has 126 valence electrons. The number of nitrogens with one attached hydrogen (secondary N) is 1. The minimum Gasteiger partial charge on any atom is -0.748 e. The van der Waals surface area contributed by atoms with Crippen molar-refractivity contribution in [2.75, 3.05) is 11.6 Å². The monoisotopic (exact) mass is 346 g/mol. The number of oxazole rings is 1. The second-order valence-corrected chi connectivity index (χ2v) is 6.42. The highest BCUT2D eigenvalue weighted by atomic mass is 32.2. The van der Waals surface area contributed by atoms with Gasteiger partial charge in [-0.2, -0.15) is 4.57 Å². The van der Waals surface area contributed by atoms with Gasteiger partial charge in [0.1, 0.15) is 7.05 Å². The van der Waals surface area contributed by atoms with Crippen molar-refractivity contribution in [3.63, 3.8) is 0 Å².